The Kier molecular flexibility index (Phi) is 2.92. The van der Waals surface area contributed by atoms with Gasteiger partial charge in [-0.1, -0.05) is 12.2 Å². The van der Waals surface area contributed by atoms with Crippen LogP contribution in [0.15, 0.2) is 0 Å². The van der Waals surface area contributed by atoms with E-state index in [1.54, 1.807) is 0 Å². The summed E-state index contributed by atoms with van der Waals surface area (Å²) in [5, 5.41) is 0. The first-order valence-corrected chi connectivity index (χ1v) is 6.14. The molecule has 1 atom stereocenters. The lowest BCUT2D eigenvalue weighted by Crippen LogP contribution is -2.43. The van der Waals surface area contributed by atoms with Crippen molar-refractivity contribution in [1.82, 2.24) is 9.80 Å². The first kappa shape index (κ1) is 11.8. The monoisotopic (exact) mass is 241 g/mol. The maximum atomic E-state index is 12.3. The number of thiocarbonyl (C=S) groups is 1. The zero-order valence-electron chi connectivity index (χ0n) is 9.90. The molecule has 0 spiro atoms. The number of likely N-dealkylation sites (N-methyl/N-ethyl adjacent to an activating group) is 1. The van der Waals surface area contributed by atoms with Crippen molar-refractivity contribution in [2.45, 2.75) is 25.3 Å². The fourth-order valence-corrected chi connectivity index (χ4v) is 2.63. The van der Waals surface area contributed by atoms with Gasteiger partial charge in [0.1, 0.15) is 0 Å². The standard InChI is InChI=1S/C11H19N3OS/c1-13(2)8-3-6-14(7-8)10(15)11(4-5-11)9(12)16/h8H,3-7H2,1-2H3,(H2,12,16). The highest BCUT2D eigenvalue weighted by molar-refractivity contribution is 7.80. The lowest BCUT2D eigenvalue weighted by Gasteiger charge is -2.24. The lowest BCUT2D eigenvalue weighted by atomic mass is 10.1. The zero-order chi connectivity index (χ0) is 11.9. The second kappa shape index (κ2) is 3.96. The highest BCUT2D eigenvalue weighted by Gasteiger charge is 2.55. The lowest BCUT2D eigenvalue weighted by molar-refractivity contribution is -0.133. The molecule has 0 aromatic rings. The molecular weight excluding hydrogens is 222 g/mol. The van der Waals surface area contributed by atoms with Crippen molar-refractivity contribution in [3.8, 4) is 0 Å². The minimum atomic E-state index is -0.476. The number of hydrogen-bond acceptors (Lipinski definition) is 3. The molecule has 1 saturated carbocycles. The van der Waals surface area contributed by atoms with Crippen molar-refractivity contribution in [2.75, 3.05) is 27.2 Å². The Bertz CT molecular complexity index is 325. The minimum absolute atomic E-state index is 0.157. The Balaban J connectivity index is 2.00. The summed E-state index contributed by atoms with van der Waals surface area (Å²) >= 11 is 5.01. The van der Waals surface area contributed by atoms with Crippen LogP contribution < -0.4 is 5.73 Å². The van der Waals surface area contributed by atoms with Gasteiger partial charge in [-0.15, -0.1) is 0 Å². The van der Waals surface area contributed by atoms with Crippen molar-refractivity contribution in [3.63, 3.8) is 0 Å². The van der Waals surface area contributed by atoms with Crippen LogP contribution in [0.5, 0.6) is 0 Å². The summed E-state index contributed by atoms with van der Waals surface area (Å²) in [6.07, 6.45) is 2.72. The quantitative estimate of drug-likeness (QED) is 0.718. The van der Waals surface area contributed by atoms with E-state index in [9.17, 15) is 4.79 Å². The molecule has 1 aliphatic carbocycles. The molecule has 0 radical (unpaired) electrons. The van der Waals surface area contributed by atoms with Gasteiger partial charge in [-0.3, -0.25) is 4.79 Å². The zero-order valence-corrected chi connectivity index (χ0v) is 10.7. The largest absolute Gasteiger partial charge is 0.392 e. The summed E-state index contributed by atoms with van der Waals surface area (Å²) in [6, 6.07) is 0.478. The van der Waals surface area contributed by atoms with Gasteiger partial charge in [0.15, 0.2) is 0 Å². The van der Waals surface area contributed by atoms with E-state index >= 15 is 0 Å². The highest BCUT2D eigenvalue weighted by Crippen LogP contribution is 2.48. The Morgan fingerprint density at radius 3 is 2.50 bits per heavy atom. The molecule has 0 aromatic carbocycles. The predicted octanol–water partition coefficient (Wildman–Crippen LogP) is 0.215. The molecule has 1 unspecified atom stereocenters. The van der Waals surface area contributed by atoms with Crippen LogP contribution in [0.1, 0.15) is 19.3 Å². The number of rotatable bonds is 3. The molecule has 2 rings (SSSR count). The van der Waals surface area contributed by atoms with Gasteiger partial charge in [0.05, 0.1) is 10.4 Å². The third kappa shape index (κ3) is 1.82. The van der Waals surface area contributed by atoms with Gasteiger partial charge in [0.2, 0.25) is 5.91 Å². The molecule has 1 heterocycles. The van der Waals surface area contributed by atoms with Gasteiger partial charge in [0.25, 0.3) is 0 Å². The van der Waals surface area contributed by atoms with Gasteiger partial charge >= 0.3 is 0 Å². The Morgan fingerprint density at radius 2 is 2.12 bits per heavy atom. The highest BCUT2D eigenvalue weighted by atomic mass is 32.1. The summed E-state index contributed by atoms with van der Waals surface area (Å²) in [7, 11) is 4.11. The molecule has 0 bridgehead atoms. The molecule has 2 fully saturated rings. The molecular formula is C11H19N3OS. The minimum Gasteiger partial charge on any atom is -0.392 e. The second-order valence-corrected chi connectivity index (χ2v) is 5.54. The Labute approximate surface area is 102 Å². The molecule has 1 saturated heterocycles. The molecule has 1 aliphatic heterocycles. The summed E-state index contributed by atoms with van der Waals surface area (Å²) in [4.78, 5) is 16.8. The Hall–Kier alpha value is -0.680. The number of carbonyl (C=O) groups is 1. The van der Waals surface area contributed by atoms with Crippen LogP contribution in [0.3, 0.4) is 0 Å². The molecule has 4 nitrogen and oxygen atoms in total. The van der Waals surface area contributed by atoms with Crippen molar-refractivity contribution >= 4 is 23.1 Å². The van der Waals surface area contributed by atoms with Gasteiger partial charge in [-0.2, -0.15) is 0 Å². The molecule has 90 valence electrons. The summed E-state index contributed by atoms with van der Waals surface area (Å²) < 4.78 is 0. The van der Waals surface area contributed by atoms with E-state index in [0.29, 0.717) is 11.0 Å². The SMILES string of the molecule is CN(C)C1CCN(C(=O)C2(C(N)=S)CC2)C1. The van der Waals surface area contributed by atoms with Crippen LogP contribution in [-0.4, -0.2) is 53.9 Å². The normalized spacial score (nSPS) is 27.2. The number of nitrogens with zero attached hydrogens (tertiary/aromatic N) is 2. The fourth-order valence-electron chi connectivity index (χ4n) is 2.34. The molecule has 2 N–H and O–H groups in total. The number of hydrogen-bond donors (Lipinski definition) is 1. The number of carbonyl (C=O) groups excluding carboxylic acids is 1. The van der Waals surface area contributed by atoms with Crippen LogP contribution in [0.4, 0.5) is 0 Å². The third-order valence-corrected chi connectivity index (χ3v) is 4.20. The van der Waals surface area contributed by atoms with Crippen LogP contribution in [0.25, 0.3) is 0 Å². The smallest absolute Gasteiger partial charge is 0.235 e. The van der Waals surface area contributed by atoms with Gasteiger partial charge in [-0.25, -0.2) is 0 Å². The first-order chi connectivity index (χ1) is 7.47. The molecule has 0 aromatic heterocycles. The van der Waals surface area contributed by atoms with Crippen LogP contribution in [0.2, 0.25) is 0 Å². The predicted molar refractivity (Wildman–Crippen MR) is 67.1 cm³/mol. The van der Waals surface area contributed by atoms with Crippen LogP contribution in [-0.2, 0) is 4.79 Å². The molecule has 5 heteroatoms. The molecule has 1 amide bonds. The second-order valence-electron chi connectivity index (χ2n) is 5.10. The Morgan fingerprint density at radius 1 is 1.50 bits per heavy atom. The van der Waals surface area contributed by atoms with E-state index in [2.05, 4.69) is 19.0 Å². The van der Waals surface area contributed by atoms with E-state index in [-0.39, 0.29) is 5.91 Å². The maximum absolute atomic E-state index is 12.3. The van der Waals surface area contributed by atoms with Crippen molar-refractivity contribution in [2.24, 2.45) is 11.1 Å². The number of nitrogens with two attached hydrogens (primary N) is 1. The number of likely N-dealkylation sites (tertiary alicyclic amines) is 1. The topological polar surface area (TPSA) is 49.6 Å². The van der Waals surface area contributed by atoms with Crippen LogP contribution >= 0.6 is 12.2 Å². The fraction of sp³-hybridized carbons (Fsp3) is 0.818. The van der Waals surface area contributed by atoms with Crippen LogP contribution in [0, 0.1) is 5.41 Å². The van der Waals surface area contributed by atoms with Crippen molar-refractivity contribution < 1.29 is 4.79 Å². The van der Waals surface area contributed by atoms with Crippen molar-refractivity contribution in [1.29, 1.82) is 0 Å². The summed E-state index contributed by atoms with van der Waals surface area (Å²) in [6.45, 7) is 1.65. The third-order valence-electron chi connectivity index (χ3n) is 3.81. The number of amides is 1. The molecule has 2 aliphatic rings. The summed E-state index contributed by atoms with van der Waals surface area (Å²) in [5.74, 6) is 0.157. The first-order valence-electron chi connectivity index (χ1n) is 5.73. The van der Waals surface area contributed by atoms with E-state index in [1.165, 1.54) is 0 Å². The van der Waals surface area contributed by atoms with Gasteiger partial charge in [-0.05, 0) is 33.4 Å². The van der Waals surface area contributed by atoms with Gasteiger partial charge in [0, 0.05) is 19.1 Å². The molecule has 16 heavy (non-hydrogen) atoms. The van der Waals surface area contributed by atoms with Gasteiger partial charge < -0.3 is 15.5 Å². The average Bonchev–Trinajstić information content (AvgIpc) is 2.88. The summed E-state index contributed by atoms with van der Waals surface area (Å²) in [5.41, 5.74) is 5.19. The van der Waals surface area contributed by atoms with E-state index in [1.807, 2.05) is 4.90 Å². The maximum Gasteiger partial charge on any atom is 0.235 e. The van der Waals surface area contributed by atoms with Crippen molar-refractivity contribution in [3.05, 3.63) is 0 Å². The van der Waals surface area contributed by atoms with E-state index in [4.69, 9.17) is 18.0 Å². The van der Waals surface area contributed by atoms with E-state index in [0.717, 1.165) is 32.4 Å². The van der Waals surface area contributed by atoms with E-state index < -0.39 is 5.41 Å². The average molecular weight is 241 g/mol.